The minimum atomic E-state index is -4.31. The van der Waals surface area contributed by atoms with Gasteiger partial charge in [0.25, 0.3) is 0 Å². The Labute approximate surface area is 121 Å². The topological polar surface area (TPSA) is 31.4 Å². The van der Waals surface area contributed by atoms with Gasteiger partial charge in [-0.25, -0.2) is 4.98 Å². The van der Waals surface area contributed by atoms with Crippen LogP contribution in [0.2, 0.25) is 0 Å². The summed E-state index contributed by atoms with van der Waals surface area (Å²) in [5.41, 5.74) is -0.630. The molecule has 2 aliphatic rings. The van der Waals surface area contributed by atoms with E-state index in [2.05, 4.69) is 15.2 Å². The first-order valence-corrected chi connectivity index (χ1v) is 7.27. The molecule has 0 bridgehead atoms. The van der Waals surface area contributed by atoms with Gasteiger partial charge < -0.3 is 10.2 Å². The number of piperazine rings is 1. The highest BCUT2D eigenvalue weighted by molar-refractivity contribution is 5.42. The van der Waals surface area contributed by atoms with Gasteiger partial charge in [0.1, 0.15) is 5.82 Å². The molecule has 7 heteroatoms. The van der Waals surface area contributed by atoms with Crippen LogP contribution < -0.4 is 10.2 Å². The fourth-order valence-corrected chi connectivity index (χ4v) is 3.03. The first-order chi connectivity index (χ1) is 10.0. The van der Waals surface area contributed by atoms with Gasteiger partial charge >= 0.3 is 6.18 Å². The summed E-state index contributed by atoms with van der Waals surface area (Å²) in [5.74, 6) is 0.425. The van der Waals surface area contributed by atoms with Gasteiger partial charge in [-0.3, -0.25) is 4.90 Å². The van der Waals surface area contributed by atoms with Crippen LogP contribution in [0.4, 0.5) is 19.0 Å². The van der Waals surface area contributed by atoms with Crippen molar-refractivity contribution in [3.8, 4) is 0 Å². The van der Waals surface area contributed by atoms with E-state index in [1.54, 1.807) is 0 Å². The first kappa shape index (κ1) is 14.6. The average molecular weight is 300 g/mol. The molecule has 4 nitrogen and oxygen atoms in total. The largest absolute Gasteiger partial charge is 0.416 e. The highest BCUT2D eigenvalue weighted by Gasteiger charge is 2.32. The molecule has 1 unspecified atom stereocenters. The molecule has 0 aromatic carbocycles. The molecule has 1 aromatic rings. The third-order valence-electron chi connectivity index (χ3n) is 4.26. The Morgan fingerprint density at radius 3 is 2.57 bits per heavy atom. The molecule has 3 heterocycles. The summed E-state index contributed by atoms with van der Waals surface area (Å²) in [6, 6.07) is 2.73. The van der Waals surface area contributed by atoms with E-state index in [0.717, 1.165) is 57.8 Å². The molecule has 1 atom stereocenters. The predicted octanol–water partition coefficient (Wildman–Crippen LogP) is 1.58. The third-order valence-corrected chi connectivity index (χ3v) is 4.26. The van der Waals surface area contributed by atoms with E-state index in [1.807, 2.05) is 4.90 Å². The Hall–Kier alpha value is -1.34. The molecular formula is C14H19F3N4. The smallest absolute Gasteiger partial charge is 0.354 e. The van der Waals surface area contributed by atoms with Crippen LogP contribution in [0.3, 0.4) is 0 Å². The monoisotopic (exact) mass is 300 g/mol. The van der Waals surface area contributed by atoms with Gasteiger partial charge in [-0.05, 0) is 25.1 Å². The highest BCUT2D eigenvalue weighted by Crippen LogP contribution is 2.31. The van der Waals surface area contributed by atoms with Crippen molar-refractivity contribution in [2.75, 3.05) is 44.2 Å². The van der Waals surface area contributed by atoms with E-state index in [4.69, 9.17) is 0 Å². The standard InChI is InChI=1S/C14H19F3N4/c15-14(16,17)11-1-4-19-13(9-11)21-7-5-20(6-8-21)12-2-3-18-10-12/h1,4,9,12,18H,2-3,5-8,10H2. The molecule has 0 aliphatic carbocycles. The second kappa shape index (κ2) is 5.81. The Bertz CT molecular complexity index is 477. The van der Waals surface area contributed by atoms with Crippen molar-refractivity contribution in [1.82, 2.24) is 15.2 Å². The van der Waals surface area contributed by atoms with Gasteiger partial charge in [0.2, 0.25) is 0 Å². The number of hydrogen-bond acceptors (Lipinski definition) is 4. The van der Waals surface area contributed by atoms with Crippen LogP contribution in [-0.4, -0.2) is 55.2 Å². The quantitative estimate of drug-likeness (QED) is 0.899. The molecule has 1 N–H and O–H groups in total. The Balaban J connectivity index is 1.64. The lowest BCUT2D eigenvalue weighted by atomic mass is 10.2. The minimum absolute atomic E-state index is 0.425. The van der Waals surface area contributed by atoms with Crippen molar-refractivity contribution in [2.45, 2.75) is 18.6 Å². The lowest BCUT2D eigenvalue weighted by Crippen LogP contribution is -2.51. The van der Waals surface area contributed by atoms with E-state index < -0.39 is 11.7 Å². The molecule has 0 spiro atoms. The summed E-state index contributed by atoms with van der Waals surface area (Å²) in [7, 11) is 0. The molecule has 116 valence electrons. The lowest BCUT2D eigenvalue weighted by Gasteiger charge is -2.38. The zero-order valence-electron chi connectivity index (χ0n) is 11.7. The van der Waals surface area contributed by atoms with Crippen LogP contribution in [0.25, 0.3) is 0 Å². The van der Waals surface area contributed by atoms with Gasteiger partial charge in [0.05, 0.1) is 5.56 Å². The Morgan fingerprint density at radius 1 is 1.19 bits per heavy atom. The molecule has 1 aromatic heterocycles. The van der Waals surface area contributed by atoms with Crippen LogP contribution in [0.1, 0.15) is 12.0 Å². The zero-order chi connectivity index (χ0) is 14.9. The van der Waals surface area contributed by atoms with E-state index in [-0.39, 0.29) is 0 Å². The maximum Gasteiger partial charge on any atom is 0.416 e. The molecule has 2 aliphatic heterocycles. The summed E-state index contributed by atoms with van der Waals surface area (Å²) in [4.78, 5) is 8.45. The molecular weight excluding hydrogens is 281 g/mol. The fraction of sp³-hybridized carbons (Fsp3) is 0.643. The third kappa shape index (κ3) is 3.29. The maximum absolute atomic E-state index is 12.7. The van der Waals surface area contributed by atoms with E-state index >= 15 is 0 Å². The van der Waals surface area contributed by atoms with Crippen molar-refractivity contribution in [1.29, 1.82) is 0 Å². The van der Waals surface area contributed by atoms with Crippen molar-refractivity contribution >= 4 is 5.82 Å². The summed E-state index contributed by atoms with van der Waals surface area (Å²) >= 11 is 0. The van der Waals surface area contributed by atoms with Gasteiger partial charge in [0.15, 0.2) is 0 Å². The molecule has 2 fully saturated rings. The molecule has 0 saturated carbocycles. The second-order valence-corrected chi connectivity index (χ2v) is 5.57. The Kier molecular flexibility index (Phi) is 4.03. The number of nitrogens with one attached hydrogen (secondary N) is 1. The molecule has 0 amide bonds. The van der Waals surface area contributed by atoms with E-state index in [1.165, 1.54) is 6.20 Å². The van der Waals surface area contributed by atoms with Crippen LogP contribution in [-0.2, 0) is 6.18 Å². The zero-order valence-corrected chi connectivity index (χ0v) is 11.7. The fourth-order valence-electron chi connectivity index (χ4n) is 3.03. The SMILES string of the molecule is FC(F)(F)c1ccnc(N2CCN(C3CCNC3)CC2)c1. The van der Waals surface area contributed by atoms with E-state index in [9.17, 15) is 13.2 Å². The minimum Gasteiger partial charge on any atom is -0.354 e. The van der Waals surface area contributed by atoms with Gasteiger partial charge in [-0.15, -0.1) is 0 Å². The van der Waals surface area contributed by atoms with Crippen molar-refractivity contribution < 1.29 is 13.2 Å². The van der Waals surface area contributed by atoms with Crippen LogP contribution in [0, 0.1) is 0 Å². The molecule has 21 heavy (non-hydrogen) atoms. The van der Waals surface area contributed by atoms with Gasteiger partial charge in [-0.1, -0.05) is 0 Å². The Morgan fingerprint density at radius 2 is 1.95 bits per heavy atom. The van der Waals surface area contributed by atoms with Crippen LogP contribution >= 0.6 is 0 Å². The van der Waals surface area contributed by atoms with Gasteiger partial charge in [0, 0.05) is 45.0 Å². The number of pyridine rings is 1. The van der Waals surface area contributed by atoms with E-state index in [0.29, 0.717) is 11.9 Å². The summed E-state index contributed by atoms with van der Waals surface area (Å²) in [6.07, 6.45) is -1.91. The number of halogens is 3. The molecule has 2 saturated heterocycles. The lowest BCUT2D eigenvalue weighted by molar-refractivity contribution is -0.137. The predicted molar refractivity (Wildman–Crippen MR) is 74.3 cm³/mol. The molecule has 3 rings (SSSR count). The number of alkyl halides is 3. The number of nitrogens with zero attached hydrogens (tertiary/aromatic N) is 3. The maximum atomic E-state index is 12.7. The number of hydrogen-bond donors (Lipinski definition) is 1. The van der Waals surface area contributed by atoms with Crippen LogP contribution in [0.5, 0.6) is 0 Å². The summed E-state index contributed by atoms with van der Waals surface area (Å²) < 4.78 is 38.2. The number of anilines is 1. The second-order valence-electron chi connectivity index (χ2n) is 5.57. The van der Waals surface area contributed by atoms with Crippen molar-refractivity contribution in [3.63, 3.8) is 0 Å². The normalized spacial score (nSPS) is 24.5. The van der Waals surface area contributed by atoms with Gasteiger partial charge in [-0.2, -0.15) is 13.2 Å². The summed E-state index contributed by atoms with van der Waals surface area (Å²) in [5, 5.41) is 3.34. The van der Waals surface area contributed by atoms with Crippen LogP contribution in [0.15, 0.2) is 18.3 Å². The highest BCUT2D eigenvalue weighted by atomic mass is 19.4. The van der Waals surface area contributed by atoms with Crippen molar-refractivity contribution in [3.05, 3.63) is 23.9 Å². The van der Waals surface area contributed by atoms with Crippen molar-refractivity contribution in [2.24, 2.45) is 0 Å². The number of rotatable bonds is 2. The summed E-state index contributed by atoms with van der Waals surface area (Å²) in [6.45, 7) is 5.28. The molecule has 0 radical (unpaired) electrons. The first-order valence-electron chi connectivity index (χ1n) is 7.27. The number of aromatic nitrogens is 1. The average Bonchev–Trinajstić information content (AvgIpc) is 3.01.